The number of nitrogens with zero attached hydrogens (tertiary/aromatic N) is 2. The monoisotopic (exact) mass is 397 g/mol. The van der Waals surface area contributed by atoms with Crippen molar-refractivity contribution in [1.29, 1.82) is 0 Å². The summed E-state index contributed by atoms with van der Waals surface area (Å²) < 4.78 is 6.03. The highest BCUT2D eigenvalue weighted by Crippen LogP contribution is 2.21. The molecule has 2 heterocycles. The summed E-state index contributed by atoms with van der Waals surface area (Å²) in [7, 11) is 0. The minimum Gasteiger partial charge on any atom is -0.438 e. The summed E-state index contributed by atoms with van der Waals surface area (Å²) >= 11 is 0. The van der Waals surface area contributed by atoms with Gasteiger partial charge in [0.05, 0.1) is 5.69 Å². The van der Waals surface area contributed by atoms with Crippen LogP contribution in [0.15, 0.2) is 82.2 Å². The molecule has 0 saturated carbocycles. The van der Waals surface area contributed by atoms with Gasteiger partial charge in [-0.2, -0.15) is 0 Å². The number of rotatable bonds is 4. The average molecular weight is 397 g/mol. The molecule has 0 saturated heterocycles. The third kappa shape index (κ3) is 4.30. The zero-order chi connectivity index (χ0) is 21.1. The molecule has 0 aliphatic heterocycles. The summed E-state index contributed by atoms with van der Waals surface area (Å²) in [4.78, 5) is 22.1. The summed E-state index contributed by atoms with van der Waals surface area (Å²) in [5.74, 6) is 0.547. The van der Waals surface area contributed by atoms with E-state index >= 15 is 0 Å². The number of carbonyl (C=O) groups is 1. The number of carbonyl (C=O) groups excluding carboxylic acids is 1. The van der Waals surface area contributed by atoms with E-state index in [9.17, 15) is 4.79 Å². The summed E-state index contributed by atoms with van der Waals surface area (Å²) in [6.07, 6.45) is 0. The van der Waals surface area contributed by atoms with E-state index in [2.05, 4.69) is 35.2 Å². The predicted molar refractivity (Wildman–Crippen MR) is 119 cm³/mol. The minimum atomic E-state index is -0.318. The number of para-hydroxylation sites is 1. The highest BCUT2D eigenvalue weighted by Gasteiger charge is 2.14. The van der Waals surface area contributed by atoms with Crippen molar-refractivity contribution in [3.63, 3.8) is 0 Å². The lowest BCUT2D eigenvalue weighted by molar-refractivity contribution is 0.102. The molecule has 0 bridgehead atoms. The van der Waals surface area contributed by atoms with E-state index < -0.39 is 0 Å². The molecule has 0 atom stereocenters. The van der Waals surface area contributed by atoms with E-state index in [1.165, 1.54) is 5.56 Å². The fourth-order valence-electron chi connectivity index (χ4n) is 3.18. The van der Waals surface area contributed by atoms with Gasteiger partial charge >= 0.3 is 0 Å². The molecule has 2 aromatic heterocycles. The minimum absolute atomic E-state index is 0.264. The lowest BCUT2D eigenvalue weighted by Gasteiger charge is -2.08. The Morgan fingerprint density at radius 2 is 1.80 bits per heavy atom. The van der Waals surface area contributed by atoms with Crippen LogP contribution >= 0.6 is 0 Å². The number of nitrogens with one attached hydrogen (secondary N) is 1. The molecule has 0 aliphatic rings. The first kappa shape index (κ1) is 19.6. The molecule has 4 aromatic rings. The number of anilines is 1. The summed E-state index contributed by atoms with van der Waals surface area (Å²) in [6, 6.07) is 22.8. The molecule has 30 heavy (non-hydrogen) atoms. The first-order chi connectivity index (χ1) is 14.5. The third-order valence-corrected chi connectivity index (χ3v) is 4.80. The van der Waals surface area contributed by atoms with Crippen molar-refractivity contribution in [2.75, 3.05) is 5.32 Å². The summed E-state index contributed by atoms with van der Waals surface area (Å²) in [5.41, 5.74) is 4.02. The zero-order valence-corrected chi connectivity index (χ0v) is 17.2. The van der Waals surface area contributed by atoms with Crippen LogP contribution in [0.5, 0.6) is 0 Å². The molecule has 0 aliphatic carbocycles. The SMILES string of the molecule is Cc1cccc(NC(=O)c2cc3ccccc3oc2=Nc2cccc(C(C)C)c2)n1. The number of pyridine rings is 1. The second-order valence-electron chi connectivity index (χ2n) is 7.48. The second-order valence-corrected chi connectivity index (χ2v) is 7.48. The standard InChI is InChI=1S/C25H23N3O2/c1-16(2)18-10-7-11-20(14-18)27-25-21(15-19-9-4-5-12-22(19)30-25)24(29)28-23-13-6-8-17(3)26-23/h4-16H,1-3H3,(H,26,28,29). The maximum atomic E-state index is 13.1. The van der Waals surface area contributed by atoms with Crippen LogP contribution in [-0.2, 0) is 0 Å². The molecule has 5 heteroatoms. The number of aromatic nitrogens is 1. The van der Waals surface area contributed by atoms with Gasteiger partial charge < -0.3 is 9.73 Å². The maximum Gasteiger partial charge on any atom is 0.262 e. The Hall–Kier alpha value is -3.73. The first-order valence-electron chi connectivity index (χ1n) is 9.92. The third-order valence-electron chi connectivity index (χ3n) is 4.80. The molecule has 0 unspecified atom stereocenters. The van der Waals surface area contributed by atoms with E-state index in [0.717, 1.165) is 16.8 Å². The van der Waals surface area contributed by atoms with Crippen molar-refractivity contribution in [3.05, 3.63) is 95.2 Å². The number of fused-ring (bicyclic) bond motifs is 1. The van der Waals surface area contributed by atoms with E-state index in [1.54, 1.807) is 12.1 Å². The number of aryl methyl sites for hydroxylation is 1. The van der Waals surface area contributed by atoms with Crippen molar-refractivity contribution in [3.8, 4) is 0 Å². The van der Waals surface area contributed by atoms with Gasteiger partial charge in [-0.1, -0.05) is 50.2 Å². The Balaban J connectivity index is 1.83. The fourth-order valence-corrected chi connectivity index (χ4v) is 3.18. The topological polar surface area (TPSA) is 67.5 Å². The molecule has 4 rings (SSSR count). The van der Waals surface area contributed by atoms with Crippen LogP contribution in [0, 0.1) is 6.92 Å². The van der Waals surface area contributed by atoms with Gasteiger partial charge in [0, 0.05) is 11.1 Å². The van der Waals surface area contributed by atoms with Gasteiger partial charge in [0.25, 0.3) is 5.91 Å². The van der Waals surface area contributed by atoms with Gasteiger partial charge in [0.1, 0.15) is 17.0 Å². The Bertz CT molecular complexity index is 1290. The average Bonchev–Trinajstić information content (AvgIpc) is 2.73. The second kappa shape index (κ2) is 8.33. The quantitative estimate of drug-likeness (QED) is 0.477. The van der Waals surface area contributed by atoms with Crippen molar-refractivity contribution in [2.45, 2.75) is 26.7 Å². The molecular formula is C25H23N3O2. The highest BCUT2D eigenvalue weighted by molar-refractivity contribution is 6.04. The van der Waals surface area contributed by atoms with Crippen LogP contribution in [0.1, 0.15) is 41.4 Å². The molecular weight excluding hydrogens is 374 g/mol. The smallest absolute Gasteiger partial charge is 0.262 e. The van der Waals surface area contributed by atoms with Crippen LogP contribution < -0.4 is 10.9 Å². The van der Waals surface area contributed by atoms with Crippen molar-refractivity contribution >= 4 is 28.4 Å². The Labute approximate surface area is 175 Å². The molecule has 1 amide bonds. The van der Waals surface area contributed by atoms with E-state index in [1.807, 2.05) is 61.5 Å². The number of hydrogen-bond acceptors (Lipinski definition) is 4. The van der Waals surface area contributed by atoms with Gasteiger partial charge in [0.2, 0.25) is 5.55 Å². The van der Waals surface area contributed by atoms with Gasteiger partial charge in [0.15, 0.2) is 0 Å². The Morgan fingerprint density at radius 1 is 1.00 bits per heavy atom. The lowest BCUT2D eigenvalue weighted by atomic mass is 10.0. The summed E-state index contributed by atoms with van der Waals surface area (Å²) in [6.45, 7) is 6.14. The fraction of sp³-hybridized carbons (Fsp3) is 0.160. The van der Waals surface area contributed by atoms with Crippen LogP contribution in [0.3, 0.4) is 0 Å². The van der Waals surface area contributed by atoms with E-state index in [4.69, 9.17) is 4.42 Å². The van der Waals surface area contributed by atoms with Crippen molar-refractivity contribution in [1.82, 2.24) is 4.98 Å². The first-order valence-corrected chi connectivity index (χ1v) is 9.92. The zero-order valence-electron chi connectivity index (χ0n) is 17.2. The largest absolute Gasteiger partial charge is 0.438 e. The van der Waals surface area contributed by atoms with Gasteiger partial charge in [-0.15, -0.1) is 0 Å². The Kier molecular flexibility index (Phi) is 5.44. The predicted octanol–water partition coefficient (Wildman–Crippen LogP) is 5.74. The molecule has 2 aromatic carbocycles. The lowest BCUT2D eigenvalue weighted by Crippen LogP contribution is -2.22. The van der Waals surface area contributed by atoms with Crippen LogP contribution in [0.4, 0.5) is 11.5 Å². The molecule has 0 fully saturated rings. The van der Waals surface area contributed by atoms with Gasteiger partial charge in [-0.3, -0.25) is 4.79 Å². The molecule has 0 radical (unpaired) electrons. The Morgan fingerprint density at radius 3 is 2.60 bits per heavy atom. The number of amides is 1. The maximum absolute atomic E-state index is 13.1. The van der Waals surface area contributed by atoms with E-state index in [-0.39, 0.29) is 11.5 Å². The highest BCUT2D eigenvalue weighted by atomic mass is 16.3. The van der Waals surface area contributed by atoms with Crippen LogP contribution in [0.2, 0.25) is 0 Å². The molecule has 5 nitrogen and oxygen atoms in total. The summed E-state index contributed by atoms with van der Waals surface area (Å²) in [5, 5.41) is 3.68. The van der Waals surface area contributed by atoms with E-state index in [0.29, 0.717) is 22.9 Å². The molecule has 1 N–H and O–H groups in total. The van der Waals surface area contributed by atoms with Gasteiger partial charge in [-0.25, -0.2) is 9.98 Å². The van der Waals surface area contributed by atoms with Gasteiger partial charge in [-0.05, 0) is 54.8 Å². The molecule has 0 spiro atoms. The number of hydrogen-bond donors (Lipinski definition) is 1. The van der Waals surface area contributed by atoms with Crippen molar-refractivity contribution in [2.24, 2.45) is 4.99 Å². The van der Waals surface area contributed by atoms with Crippen LogP contribution in [-0.4, -0.2) is 10.9 Å². The van der Waals surface area contributed by atoms with Crippen molar-refractivity contribution < 1.29 is 9.21 Å². The normalized spacial score (nSPS) is 11.8. The number of benzene rings is 2. The van der Waals surface area contributed by atoms with Crippen LogP contribution in [0.25, 0.3) is 11.0 Å². The molecule has 150 valence electrons.